The van der Waals surface area contributed by atoms with Gasteiger partial charge in [0.25, 0.3) is 0 Å². The normalized spacial score (nSPS) is 10.2. The summed E-state index contributed by atoms with van der Waals surface area (Å²) in [5, 5.41) is 0. The lowest BCUT2D eigenvalue weighted by Gasteiger charge is -2.08. The number of methoxy groups -OCH3 is 1. The van der Waals surface area contributed by atoms with Crippen molar-refractivity contribution in [1.29, 1.82) is 0 Å². The number of aromatic nitrogens is 2. The predicted molar refractivity (Wildman–Crippen MR) is 103 cm³/mol. The standard InChI is InChI=1S/C14H22N2O2.C4H10.C2H6/c1-4-6-7-12(14(17)18-3)9-13-10-15-11-16(13)8-5-2;1-3-4-2;1-2/h7,10-11H,4-6,8-9H2,1-3H3;3-4H2,1-2H3;1-2H3/b12-7-;;. The summed E-state index contributed by atoms with van der Waals surface area (Å²) in [6.45, 7) is 13.5. The van der Waals surface area contributed by atoms with Crippen LogP contribution in [0.4, 0.5) is 0 Å². The van der Waals surface area contributed by atoms with Crippen LogP contribution in [0.15, 0.2) is 24.2 Å². The van der Waals surface area contributed by atoms with Crippen LogP contribution < -0.4 is 0 Å². The fourth-order valence-corrected chi connectivity index (χ4v) is 1.81. The van der Waals surface area contributed by atoms with Gasteiger partial charge >= 0.3 is 5.97 Å². The number of rotatable bonds is 8. The van der Waals surface area contributed by atoms with E-state index in [1.165, 1.54) is 20.0 Å². The zero-order valence-corrected chi connectivity index (χ0v) is 16.9. The van der Waals surface area contributed by atoms with E-state index >= 15 is 0 Å². The number of hydrogen-bond acceptors (Lipinski definition) is 3. The average molecular weight is 339 g/mol. The Bertz CT molecular complexity index is 435. The van der Waals surface area contributed by atoms with Crippen LogP contribution in [0.2, 0.25) is 0 Å². The van der Waals surface area contributed by atoms with Gasteiger partial charge in [0.2, 0.25) is 0 Å². The van der Waals surface area contributed by atoms with Crippen molar-refractivity contribution in [2.24, 2.45) is 0 Å². The van der Waals surface area contributed by atoms with Crippen LogP contribution in [-0.2, 0) is 22.5 Å². The molecule has 4 nitrogen and oxygen atoms in total. The Labute approximate surface area is 149 Å². The Morgan fingerprint density at radius 3 is 2.21 bits per heavy atom. The third kappa shape index (κ3) is 11.0. The molecule has 0 unspecified atom stereocenters. The lowest BCUT2D eigenvalue weighted by atomic mass is 10.1. The molecule has 0 saturated carbocycles. The molecule has 0 fully saturated rings. The van der Waals surface area contributed by atoms with Gasteiger partial charge in [-0.3, -0.25) is 0 Å². The van der Waals surface area contributed by atoms with Crippen LogP contribution in [0.25, 0.3) is 0 Å². The van der Waals surface area contributed by atoms with Gasteiger partial charge in [-0.2, -0.15) is 0 Å². The van der Waals surface area contributed by atoms with Crippen LogP contribution in [0, 0.1) is 0 Å². The van der Waals surface area contributed by atoms with E-state index in [0.717, 1.165) is 37.1 Å². The molecule has 0 aliphatic rings. The molecule has 0 amide bonds. The van der Waals surface area contributed by atoms with Gasteiger partial charge in [-0.1, -0.05) is 66.9 Å². The minimum absolute atomic E-state index is 0.243. The largest absolute Gasteiger partial charge is 0.466 e. The van der Waals surface area contributed by atoms with Crippen molar-refractivity contribution >= 4 is 5.97 Å². The molecule has 0 aliphatic heterocycles. The minimum Gasteiger partial charge on any atom is -0.466 e. The number of aryl methyl sites for hydroxylation is 1. The number of carbonyl (C=O) groups is 1. The van der Waals surface area contributed by atoms with Gasteiger partial charge in [0, 0.05) is 30.4 Å². The maximum absolute atomic E-state index is 11.7. The van der Waals surface area contributed by atoms with Gasteiger partial charge in [0.1, 0.15) is 0 Å². The first-order valence-electron chi connectivity index (χ1n) is 9.40. The van der Waals surface area contributed by atoms with Crippen LogP contribution in [0.5, 0.6) is 0 Å². The van der Waals surface area contributed by atoms with E-state index in [2.05, 4.69) is 37.2 Å². The van der Waals surface area contributed by atoms with Gasteiger partial charge in [-0.25, -0.2) is 9.78 Å². The molecule has 0 spiro atoms. The fourth-order valence-electron chi connectivity index (χ4n) is 1.81. The molecule has 0 saturated heterocycles. The summed E-state index contributed by atoms with van der Waals surface area (Å²) in [6.07, 6.45) is 11.8. The van der Waals surface area contributed by atoms with E-state index in [9.17, 15) is 4.79 Å². The molecule has 1 heterocycles. The van der Waals surface area contributed by atoms with Gasteiger partial charge in [0.05, 0.1) is 13.4 Å². The second kappa shape index (κ2) is 17.8. The number of carbonyl (C=O) groups excluding carboxylic acids is 1. The minimum atomic E-state index is -0.243. The molecular weight excluding hydrogens is 300 g/mol. The maximum Gasteiger partial charge on any atom is 0.333 e. The van der Waals surface area contributed by atoms with Gasteiger partial charge in [-0.15, -0.1) is 0 Å². The van der Waals surface area contributed by atoms with Crippen LogP contribution in [0.1, 0.15) is 79.3 Å². The molecule has 1 rings (SSSR count). The molecular formula is C20H38N2O2. The Kier molecular flexibility index (Phi) is 18.3. The van der Waals surface area contributed by atoms with Crippen LogP contribution in [0.3, 0.4) is 0 Å². The Balaban J connectivity index is 0. The Morgan fingerprint density at radius 2 is 1.75 bits per heavy atom. The van der Waals surface area contributed by atoms with Gasteiger partial charge in [0.15, 0.2) is 0 Å². The van der Waals surface area contributed by atoms with Gasteiger partial charge < -0.3 is 9.30 Å². The number of nitrogens with zero attached hydrogens (tertiary/aromatic N) is 2. The van der Waals surface area contributed by atoms with Crippen molar-refractivity contribution < 1.29 is 9.53 Å². The van der Waals surface area contributed by atoms with E-state index < -0.39 is 0 Å². The molecule has 0 radical (unpaired) electrons. The van der Waals surface area contributed by atoms with Crippen LogP contribution >= 0.6 is 0 Å². The van der Waals surface area contributed by atoms with Crippen molar-refractivity contribution in [1.82, 2.24) is 9.55 Å². The Morgan fingerprint density at radius 1 is 1.12 bits per heavy atom. The van der Waals surface area contributed by atoms with E-state index in [1.54, 1.807) is 0 Å². The smallest absolute Gasteiger partial charge is 0.333 e. The van der Waals surface area contributed by atoms with Crippen molar-refractivity contribution in [2.75, 3.05) is 7.11 Å². The highest BCUT2D eigenvalue weighted by molar-refractivity contribution is 5.88. The topological polar surface area (TPSA) is 44.1 Å². The number of imidazole rings is 1. The summed E-state index contributed by atoms with van der Waals surface area (Å²) in [5.74, 6) is -0.243. The van der Waals surface area contributed by atoms with E-state index in [1.807, 2.05) is 32.4 Å². The van der Waals surface area contributed by atoms with Crippen LogP contribution in [-0.4, -0.2) is 22.6 Å². The summed E-state index contributed by atoms with van der Waals surface area (Å²) in [4.78, 5) is 15.8. The highest BCUT2D eigenvalue weighted by Crippen LogP contribution is 2.11. The summed E-state index contributed by atoms with van der Waals surface area (Å²) < 4.78 is 6.91. The number of ether oxygens (including phenoxy) is 1. The van der Waals surface area contributed by atoms with E-state index in [-0.39, 0.29) is 5.97 Å². The van der Waals surface area contributed by atoms with Crippen molar-refractivity contribution in [2.45, 2.75) is 86.6 Å². The number of esters is 1. The lowest BCUT2D eigenvalue weighted by molar-refractivity contribution is -0.136. The highest BCUT2D eigenvalue weighted by atomic mass is 16.5. The number of unbranched alkanes of at least 4 members (excludes halogenated alkanes) is 2. The lowest BCUT2D eigenvalue weighted by Crippen LogP contribution is -2.10. The molecule has 24 heavy (non-hydrogen) atoms. The zero-order chi connectivity index (χ0) is 18.8. The number of allylic oxidation sites excluding steroid dienone is 1. The van der Waals surface area contributed by atoms with Crippen molar-refractivity contribution in [3.8, 4) is 0 Å². The van der Waals surface area contributed by atoms with E-state index in [0.29, 0.717) is 6.42 Å². The average Bonchev–Trinajstić information content (AvgIpc) is 3.07. The van der Waals surface area contributed by atoms with E-state index in [4.69, 9.17) is 4.74 Å². The first-order chi connectivity index (χ1) is 11.6. The summed E-state index contributed by atoms with van der Waals surface area (Å²) >= 11 is 0. The molecule has 0 atom stereocenters. The first-order valence-corrected chi connectivity index (χ1v) is 9.40. The monoisotopic (exact) mass is 338 g/mol. The molecule has 140 valence electrons. The molecule has 0 aromatic carbocycles. The second-order valence-corrected chi connectivity index (χ2v) is 5.26. The molecule has 0 aliphatic carbocycles. The summed E-state index contributed by atoms with van der Waals surface area (Å²) in [6, 6.07) is 0. The molecule has 4 heteroatoms. The highest BCUT2D eigenvalue weighted by Gasteiger charge is 2.12. The molecule has 1 aromatic rings. The Hall–Kier alpha value is -1.58. The van der Waals surface area contributed by atoms with Crippen molar-refractivity contribution in [3.63, 3.8) is 0 Å². The molecule has 1 aromatic heterocycles. The fraction of sp³-hybridized carbons (Fsp3) is 0.700. The quantitative estimate of drug-likeness (QED) is 0.460. The maximum atomic E-state index is 11.7. The first kappa shape index (κ1) is 24.7. The number of hydrogen-bond donors (Lipinski definition) is 0. The molecule has 0 bridgehead atoms. The molecule has 0 N–H and O–H groups in total. The zero-order valence-electron chi connectivity index (χ0n) is 16.9. The van der Waals surface area contributed by atoms with Crippen molar-refractivity contribution in [3.05, 3.63) is 29.9 Å². The van der Waals surface area contributed by atoms with Gasteiger partial charge in [-0.05, 0) is 12.8 Å². The SMILES string of the molecule is CC.CCC/C=C(/Cc1cncn1CCC)C(=O)OC.CCCC. The second-order valence-electron chi connectivity index (χ2n) is 5.26. The third-order valence-corrected chi connectivity index (χ3v) is 3.26. The summed E-state index contributed by atoms with van der Waals surface area (Å²) in [5.41, 5.74) is 1.78. The predicted octanol–water partition coefficient (Wildman–Crippen LogP) is 5.57. The summed E-state index contributed by atoms with van der Waals surface area (Å²) in [7, 11) is 1.42. The third-order valence-electron chi connectivity index (χ3n) is 3.26.